The van der Waals surface area contributed by atoms with Crippen molar-refractivity contribution in [2.24, 2.45) is 0 Å². The van der Waals surface area contributed by atoms with Gasteiger partial charge in [-0.2, -0.15) is 0 Å². The molecule has 39 heavy (non-hydrogen) atoms. The lowest BCUT2D eigenvalue weighted by molar-refractivity contribution is 1.18. The summed E-state index contributed by atoms with van der Waals surface area (Å²) in [5.41, 5.74) is 11.0. The molecule has 0 atom stereocenters. The zero-order chi connectivity index (χ0) is 25.8. The van der Waals surface area contributed by atoms with E-state index in [4.69, 9.17) is 0 Å². The Balaban J connectivity index is 1.44. The van der Waals surface area contributed by atoms with Gasteiger partial charge in [0.25, 0.3) is 0 Å². The van der Waals surface area contributed by atoms with Gasteiger partial charge in [0.2, 0.25) is 0 Å². The van der Waals surface area contributed by atoms with Gasteiger partial charge in [-0.1, -0.05) is 115 Å². The Morgan fingerprint density at radius 3 is 1.13 bits per heavy atom. The number of hydrogen-bond donors (Lipinski definition) is 0. The van der Waals surface area contributed by atoms with E-state index in [0.29, 0.717) is 0 Å². The van der Waals surface area contributed by atoms with Crippen LogP contribution < -0.4 is 0 Å². The predicted octanol–water partition coefficient (Wildman–Crippen LogP) is 10.4. The first kappa shape index (κ1) is 21.9. The lowest BCUT2D eigenvalue weighted by Gasteiger charge is -2.11. The summed E-state index contributed by atoms with van der Waals surface area (Å²) < 4.78 is 2.46. The quantitative estimate of drug-likeness (QED) is 0.214. The molecule has 182 valence electrons. The highest BCUT2D eigenvalue weighted by molar-refractivity contribution is 6.25. The molecule has 0 amide bonds. The molecule has 1 heterocycles. The molecule has 0 aliphatic heterocycles. The third-order valence-corrected chi connectivity index (χ3v) is 7.92. The molecule has 8 rings (SSSR count). The maximum Gasteiger partial charge on any atom is 0.0553 e. The largest absolute Gasteiger partial charge is 0.309 e. The summed E-state index contributed by atoms with van der Waals surface area (Å²) in [6.45, 7) is 0. The molecule has 0 radical (unpaired) electrons. The molecule has 0 bridgehead atoms. The molecule has 0 unspecified atom stereocenters. The number of rotatable bonds is 4. The second-order valence-electron chi connectivity index (χ2n) is 10.2. The van der Waals surface area contributed by atoms with E-state index in [0.717, 1.165) is 0 Å². The Hall–Kier alpha value is -5.14. The average molecular weight is 496 g/mol. The normalized spacial score (nSPS) is 11.6. The standard InChI is InChI=1S/C38H25N/c1-4-10-26(11-5-1)29-18-20-34(21-19-29)39-35-24-32(27-12-6-2-7-13-27)22-30-16-17-31-23-33(28-14-8-3-9-15-28)25-36(39)38(31)37(30)35/h1-25H. The molecule has 1 aromatic heterocycles. The monoisotopic (exact) mass is 495 g/mol. The van der Waals surface area contributed by atoms with Crippen LogP contribution in [0, 0.1) is 0 Å². The number of aromatic nitrogens is 1. The summed E-state index contributed by atoms with van der Waals surface area (Å²) in [6, 6.07) is 55.0. The maximum absolute atomic E-state index is 2.46. The zero-order valence-electron chi connectivity index (χ0n) is 21.4. The minimum absolute atomic E-state index is 1.17. The van der Waals surface area contributed by atoms with Crippen molar-refractivity contribution in [2.45, 2.75) is 0 Å². The van der Waals surface area contributed by atoms with Gasteiger partial charge in [0.1, 0.15) is 0 Å². The molecular weight excluding hydrogens is 470 g/mol. The van der Waals surface area contributed by atoms with E-state index >= 15 is 0 Å². The van der Waals surface area contributed by atoms with Crippen molar-refractivity contribution >= 4 is 32.6 Å². The molecule has 8 aromatic rings. The molecular formula is C38H25N. The first-order chi connectivity index (χ1) is 19.3. The molecule has 0 aliphatic carbocycles. The average Bonchev–Trinajstić information content (AvgIpc) is 3.36. The fourth-order valence-electron chi connectivity index (χ4n) is 6.07. The van der Waals surface area contributed by atoms with Crippen LogP contribution in [0.25, 0.3) is 71.6 Å². The summed E-state index contributed by atoms with van der Waals surface area (Å²) in [7, 11) is 0. The van der Waals surface area contributed by atoms with E-state index in [-0.39, 0.29) is 0 Å². The molecule has 1 nitrogen and oxygen atoms in total. The first-order valence-electron chi connectivity index (χ1n) is 13.4. The Morgan fingerprint density at radius 2 is 0.692 bits per heavy atom. The summed E-state index contributed by atoms with van der Waals surface area (Å²) in [5.74, 6) is 0. The van der Waals surface area contributed by atoms with Gasteiger partial charge < -0.3 is 4.57 Å². The number of benzene rings is 7. The third kappa shape index (κ3) is 3.55. The van der Waals surface area contributed by atoms with Crippen LogP contribution >= 0.6 is 0 Å². The van der Waals surface area contributed by atoms with Crippen molar-refractivity contribution in [3.8, 4) is 39.1 Å². The highest BCUT2D eigenvalue weighted by Gasteiger charge is 2.19. The summed E-state index contributed by atoms with van der Waals surface area (Å²) in [4.78, 5) is 0. The van der Waals surface area contributed by atoms with Gasteiger partial charge in [0, 0.05) is 16.5 Å². The third-order valence-electron chi connectivity index (χ3n) is 7.92. The minimum Gasteiger partial charge on any atom is -0.309 e. The van der Waals surface area contributed by atoms with Gasteiger partial charge in [-0.05, 0) is 80.6 Å². The van der Waals surface area contributed by atoms with E-state index in [1.54, 1.807) is 0 Å². The Bertz CT molecular complexity index is 1960. The fourth-order valence-corrected chi connectivity index (χ4v) is 6.07. The van der Waals surface area contributed by atoms with Crippen LogP contribution in [0.2, 0.25) is 0 Å². The van der Waals surface area contributed by atoms with Crippen molar-refractivity contribution in [1.29, 1.82) is 0 Å². The van der Waals surface area contributed by atoms with E-state index in [2.05, 4.69) is 156 Å². The molecule has 0 spiro atoms. The second kappa shape index (κ2) is 8.72. The highest BCUT2D eigenvalue weighted by Crippen LogP contribution is 2.43. The predicted molar refractivity (Wildman–Crippen MR) is 166 cm³/mol. The van der Waals surface area contributed by atoms with Gasteiger partial charge in [0.15, 0.2) is 0 Å². The molecule has 0 fully saturated rings. The van der Waals surface area contributed by atoms with Crippen molar-refractivity contribution in [3.05, 3.63) is 152 Å². The first-order valence-corrected chi connectivity index (χ1v) is 13.4. The molecule has 1 heteroatoms. The van der Waals surface area contributed by atoms with Crippen molar-refractivity contribution in [2.75, 3.05) is 0 Å². The molecule has 0 N–H and O–H groups in total. The van der Waals surface area contributed by atoms with Crippen molar-refractivity contribution in [3.63, 3.8) is 0 Å². The van der Waals surface area contributed by atoms with E-state index in [1.807, 2.05) is 0 Å². The molecule has 0 saturated carbocycles. The number of nitrogens with zero attached hydrogens (tertiary/aromatic N) is 1. The maximum atomic E-state index is 2.46. The SMILES string of the molecule is c1ccc(-c2ccc(-n3c4cc(-c5ccccc5)cc5ccc6cc(-c7ccccc7)cc3c6c54)cc2)cc1. The molecule has 0 saturated heterocycles. The summed E-state index contributed by atoms with van der Waals surface area (Å²) in [5, 5.41) is 5.20. The minimum atomic E-state index is 1.17. The Morgan fingerprint density at radius 1 is 0.308 bits per heavy atom. The van der Waals surface area contributed by atoms with E-state index in [1.165, 1.54) is 71.6 Å². The van der Waals surface area contributed by atoms with Crippen LogP contribution in [-0.4, -0.2) is 4.57 Å². The Labute approximate surface area is 227 Å². The van der Waals surface area contributed by atoms with Crippen LogP contribution in [0.4, 0.5) is 0 Å². The van der Waals surface area contributed by atoms with Crippen LogP contribution in [-0.2, 0) is 0 Å². The van der Waals surface area contributed by atoms with Crippen LogP contribution in [0.5, 0.6) is 0 Å². The van der Waals surface area contributed by atoms with E-state index in [9.17, 15) is 0 Å². The van der Waals surface area contributed by atoms with Crippen LogP contribution in [0.15, 0.2) is 152 Å². The highest BCUT2D eigenvalue weighted by atomic mass is 15.0. The lowest BCUT2D eigenvalue weighted by atomic mass is 9.95. The van der Waals surface area contributed by atoms with Crippen LogP contribution in [0.3, 0.4) is 0 Å². The van der Waals surface area contributed by atoms with Gasteiger partial charge in [-0.25, -0.2) is 0 Å². The number of hydrogen-bond acceptors (Lipinski definition) is 0. The summed E-state index contributed by atoms with van der Waals surface area (Å²) >= 11 is 0. The van der Waals surface area contributed by atoms with Gasteiger partial charge in [-0.15, -0.1) is 0 Å². The van der Waals surface area contributed by atoms with Crippen LogP contribution in [0.1, 0.15) is 0 Å². The van der Waals surface area contributed by atoms with Crippen molar-refractivity contribution in [1.82, 2.24) is 4.57 Å². The van der Waals surface area contributed by atoms with Crippen molar-refractivity contribution < 1.29 is 0 Å². The molecule has 7 aromatic carbocycles. The van der Waals surface area contributed by atoms with Gasteiger partial charge >= 0.3 is 0 Å². The second-order valence-corrected chi connectivity index (χ2v) is 10.2. The van der Waals surface area contributed by atoms with Gasteiger partial charge in [-0.3, -0.25) is 0 Å². The topological polar surface area (TPSA) is 4.93 Å². The molecule has 0 aliphatic rings. The van der Waals surface area contributed by atoms with Gasteiger partial charge in [0.05, 0.1) is 11.0 Å². The van der Waals surface area contributed by atoms with E-state index < -0.39 is 0 Å². The smallest absolute Gasteiger partial charge is 0.0553 e. The zero-order valence-corrected chi connectivity index (χ0v) is 21.4. The summed E-state index contributed by atoms with van der Waals surface area (Å²) in [6.07, 6.45) is 0. The Kier molecular flexibility index (Phi) is 4.89. The fraction of sp³-hybridized carbons (Fsp3) is 0. The lowest BCUT2D eigenvalue weighted by Crippen LogP contribution is -1.94.